The van der Waals surface area contributed by atoms with Crippen LogP contribution in [0.2, 0.25) is 0 Å². The van der Waals surface area contributed by atoms with Gasteiger partial charge in [0, 0.05) is 24.6 Å². The number of alkyl carbamates (subject to hydrolysis) is 1. The van der Waals surface area contributed by atoms with Crippen molar-refractivity contribution < 1.29 is 19.1 Å². The predicted molar refractivity (Wildman–Crippen MR) is 189 cm³/mol. The van der Waals surface area contributed by atoms with Gasteiger partial charge in [0.25, 0.3) is 5.56 Å². The van der Waals surface area contributed by atoms with Crippen LogP contribution in [-0.4, -0.2) is 56.3 Å². The number of fused-ring (bicyclic) bond motifs is 2. The summed E-state index contributed by atoms with van der Waals surface area (Å²) in [4.78, 5) is 58.9. The standard InChI is InChI=1S/C37H43N7O5/c1-21-15-30-31(40-20-39-30)18-28(21)24-9-5-22(6-10-24)16-32(35(47)41-26-13-14-27-29(17-26)43-44-34(27)46)42-33(45)25-11-7-23(8-12-25)19-38-36(48)49-37(2,3)4/h5-6,9-10,13-15,17-18,20,23,25,32H,7-8,11-12,16,19H2,1-4H3,(H,38,48)(H,39,40)(H,41,47)(H,42,45)(H2,43,44,46)/t23?,25?,32-/m0/s1. The van der Waals surface area contributed by atoms with E-state index < -0.39 is 17.7 Å². The number of H-pyrrole nitrogens is 3. The first-order chi connectivity index (χ1) is 23.4. The number of nitrogens with one attached hydrogen (secondary N) is 6. The first-order valence-electron chi connectivity index (χ1n) is 16.7. The third-order valence-corrected chi connectivity index (χ3v) is 9.10. The molecule has 3 amide bonds. The minimum atomic E-state index is -0.839. The van der Waals surface area contributed by atoms with Gasteiger partial charge in [-0.3, -0.25) is 24.6 Å². The Bertz CT molecular complexity index is 2030. The molecule has 0 bridgehead atoms. The van der Waals surface area contributed by atoms with Crippen LogP contribution in [0, 0.1) is 18.8 Å². The second-order valence-corrected chi connectivity index (χ2v) is 14.0. The van der Waals surface area contributed by atoms with E-state index in [0.717, 1.165) is 46.1 Å². The molecular weight excluding hydrogens is 622 g/mol. The van der Waals surface area contributed by atoms with Crippen LogP contribution in [0.1, 0.15) is 57.6 Å². The Balaban J connectivity index is 1.13. The monoisotopic (exact) mass is 665 g/mol. The molecule has 1 atom stereocenters. The Kier molecular flexibility index (Phi) is 9.57. The maximum Gasteiger partial charge on any atom is 0.407 e. The molecule has 3 aromatic carbocycles. The number of nitrogens with zero attached hydrogens (tertiary/aromatic N) is 1. The number of rotatable bonds is 9. The molecule has 12 heteroatoms. The van der Waals surface area contributed by atoms with Crippen LogP contribution in [0.5, 0.6) is 0 Å². The van der Waals surface area contributed by atoms with E-state index in [-0.39, 0.29) is 35.6 Å². The van der Waals surface area contributed by atoms with Gasteiger partial charge in [0.05, 0.1) is 28.3 Å². The molecule has 1 aliphatic carbocycles. The van der Waals surface area contributed by atoms with Crippen molar-refractivity contribution in [2.45, 2.75) is 71.4 Å². The summed E-state index contributed by atoms with van der Waals surface area (Å²) in [7, 11) is 0. The van der Waals surface area contributed by atoms with Crippen LogP contribution in [0.25, 0.3) is 33.1 Å². The summed E-state index contributed by atoms with van der Waals surface area (Å²) in [5, 5.41) is 14.7. The van der Waals surface area contributed by atoms with E-state index in [1.165, 1.54) is 0 Å². The molecule has 5 aromatic rings. The molecule has 0 unspecified atom stereocenters. The summed E-state index contributed by atoms with van der Waals surface area (Å²) < 4.78 is 5.34. The highest BCUT2D eigenvalue weighted by Gasteiger charge is 2.30. The molecule has 12 nitrogen and oxygen atoms in total. The van der Waals surface area contributed by atoms with Crippen molar-refractivity contribution in [3.63, 3.8) is 0 Å². The zero-order chi connectivity index (χ0) is 34.7. The molecule has 6 rings (SSSR count). The lowest BCUT2D eigenvalue weighted by Crippen LogP contribution is -2.48. The number of hydrogen-bond acceptors (Lipinski definition) is 6. The van der Waals surface area contributed by atoms with E-state index in [0.29, 0.717) is 36.0 Å². The largest absolute Gasteiger partial charge is 0.444 e. The van der Waals surface area contributed by atoms with Crippen molar-refractivity contribution in [3.05, 3.63) is 82.4 Å². The van der Waals surface area contributed by atoms with Crippen LogP contribution < -0.4 is 21.5 Å². The molecule has 0 saturated heterocycles. The molecule has 0 radical (unpaired) electrons. The van der Waals surface area contributed by atoms with Gasteiger partial charge < -0.3 is 25.7 Å². The third-order valence-electron chi connectivity index (χ3n) is 9.10. The van der Waals surface area contributed by atoms with Crippen LogP contribution in [0.4, 0.5) is 10.5 Å². The Morgan fingerprint density at radius 1 is 0.959 bits per heavy atom. The molecule has 256 valence electrons. The van der Waals surface area contributed by atoms with Crippen molar-refractivity contribution in [3.8, 4) is 11.1 Å². The van der Waals surface area contributed by atoms with E-state index >= 15 is 0 Å². The summed E-state index contributed by atoms with van der Waals surface area (Å²) in [6.45, 7) is 8.03. The Labute approximate surface area is 283 Å². The second-order valence-electron chi connectivity index (χ2n) is 14.0. The average molecular weight is 666 g/mol. The fraction of sp³-hybridized carbons (Fsp3) is 0.378. The number of imidazole rings is 1. The van der Waals surface area contributed by atoms with Gasteiger partial charge in [-0.25, -0.2) is 9.78 Å². The summed E-state index contributed by atoms with van der Waals surface area (Å²) in [6, 6.07) is 16.3. The minimum absolute atomic E-state index is 0.163. The zero-order valence-corrected chi connectivity index (χ0v) is 28.2. The number of hydrogen-bond donors (Lipinski definition) is 6. The van der Waals surface area contributed by atoms with Crippen LogP contribution in [0.3, 0.4) is 0 Å². The Hall–Kier alpha value is -5.39. The van der Waals surface area contributed by atoms with Gasteiger partial charge in [-0.05, 0) is 112 Å². The zero-order valence-electron chi connectivity index (χ0n) is 28.2. The number of anilines is 1. The quantitative estimate of drug-likeness (QED) is 0.118. The average Bonchev–Trinajstić information content (AvgIpc) is 3.68. The highest BCUT2D eigenvalue weighted by atomic mass is 16.6. The number of aromatic amines is 3. The molecular formula is C37H43N7O5. The van der Waals surface area contributed by atoms with Crippen molar-refractivity contribution >= 4 is 45.5 Å². The Morgan fingerprint density at radius 2 is 1.71 bits per heavy atom. The fourth-order valence-electron chi connectivity index (χ4n) is 6.47. The van der Waals surface area contributed by atoms with E-state index in [1.54, 1.807) is 24.5 Å². The number of amides is 3. The number of carbonyl (C=O) groups is 3. The van der Waals surface area contributed by atoms with Crippen LogP contribution in [0.15, 0.2) is 65.7 Å². The lowest BCUT2D eigenvalue weighted by atomic mass is 9.81. The first-order valence-corrected chi connectivity index (χ1v) is 16.7. The van der Waals surface area contributed by atoms with E-state index in [9.17, 15) is 19.2 Å². The van der Waals surface area contributed by atoms with Crippen LogP contribution in [-0.2, 0) is 20.7 Å². The number of aryl methyl sites for hydroxylation is 1. The van der Waals surface area contributed by atoms with E-state index in [2.05, 4.69) is 55.2 Å². The van der Waals surface area contributed by atoms with Gasteiger partial charge in [-0.15, -0.1) is 0 Å². The van der Waals surface area contributed by atoms with Crippen molar-refractivity contribution in [2.24, 2.45) is 11.8 Å². The summed E-state index contributed by atoms with van der Waals surface area (Å²) in [5.41, 5.74) is 6.26. The molecule has 0 aliphatic heterocycles. The third kappa shape index (κ3) is 8.19. The van der Waals surface area contributed by atoms with Gasteiger partial charge in [-0.1, -0.05) is 24.3 Å². The molecule has 6 N–H and O–H groups in total. The molecule has 1 fully saturated rings. The molecule has 1 aliphatic rings. The summed E-state index contributed by atoms with van der Waals surface area (Å²) in [5.74, 6) is -0.506. The lowest BCUT2D eigenvalue weighted by Gasteiger charge is -2.29. The fourth-order valence-corrected chi connectivity index (χ4v) is 6.47. The minimum Gasteiger partial charge on any atom is -0.444 e. The van der Waals surface area contributed by atoms with Gasteiger partial charge in [0.15, 0.2) is 0 Å². The highest BCUT2D eigenvalue weighted by molar-refractivity contribution is 5.99. The van der Waals surface area contributed by atoms with Crippen molar-refractivity contribution in [1.82, 2.24) is 30.8 Å². The normalized spacial score (nSPS) is 17.1. The van der Waals surface area contributed by atoms with Crippen LogP contribution >= 0.6 is 0 Å². The summed E-state index contributed by atoms with van der Waals surface area (Å²) in [6.07, 6.45) is 4.41. The second kappa shape index (κ2) is 14.0. The molecule has 49 heavy (non-hydrogen) atoms. The molecule has 2 aromatic heterocycles. The maximum atomic E-state index is 13.7. The smallest absolute Gasteiger partial charge is 0.407 e. The molecule has 2 heterocycles. The maximum absolute atomic E-state index is 13.7. The summed E-state index contributed by atoms with van der Waals surface area (Å²) >= 11 is 0. The van der Waals surface area contributed by atoms with Gasteiger partial charge in [0.1, 0.15) is 11.6 Å². The molecule has 1 saturated carbocycles. The van der Waals surface area contributed by atoms with Gasteiger partial charge in [0.2, 0.25) is 11.8 Å². The number of carbonyl (C=O) groups excluding carboxylic acids is 3. The SMILES string of the molecule is Cc1cc2nc[nH]c2cc1-c1ccc(C[C@H](NC(=O)C2CCC(CNC(=O)OC(C)(C)C)CC2)C(=O)Nc2ccc3c(=O)[nH][nH]c3c2)cc1. The van der Waals surface area contributed by atoms with Crippen molar-refractivity contribution in [2.75, 3.05) is 11.9 Å². The molecule has 0 spiro atoms. The first kappa shape index (κ1) is 33.5. The van der Waals surface area contributed by atoms with E-state index in [1.807, 2.05) is 45.0 Å². The van der Waals surface area contributed by atoms with Gasteiger partial charge in [-0.2, -0.15) is 0 Å². The van der Waals surface area contributed by atoms with Crippen molar-refractivity contribution in [1.29, 1.82) is 0 Å². The lowest BCUT2D eigenvalue weighted by molar-refractivity contribution is -0.130. The number of benzene rings is 3. The highest BCUT2D eigenvalue weighted by Crippen LogP contribution is 2.30. The number of ether oxygens (including phenoxy) is 1. The van der Waals surface area contributed by atoms with E-state index in [4.69, 9.17) is 4.74 Å². The van der Waals surface area contributed by atoms with Gasteiger partial charge >= 0.3 is 6.09 Å². The Morgan fingerprint density at radius 3 is 2.45 bits per heavy atom. The topological polar surface area (TPSA) is 174 Å². The predicted octanol–water partition coefficient (Wildman–Crippen LogP) is 5.71. The number of aromatic nitrogens is 4.